The van der Waals surface area contributed by atoms with Crippen molar-refractivity contribution in [2.24, 2.45) is 0 Å². The monoisotopic (exact) mass is 372 g/mol. The van der Waals surface area contributed by atoms with E-state index < -0.39 is 45.0 Å². The van der Waals surface area contributed by atoms with Crippen LogP contribution in [0, 0.1) is 0 Å². The molecule has 0 rings (SSSR count). The third kappa shape index (κ3) is 31.4. The molecule has 0 unspecified atom stereocenters. The maximum absolute atomic E-state index is 9.52. The van der Waals surface area contributed by atoms with Gasteiger partial charge in [0.2, 0.25) is 0 Å². The van der Waals surface area contributed by atoms with E-state index in [9.17, 15) is 25.9 Å². The van der Waals surface area contributed by atoms with Gasteiger partial charge in [0.05, 0.1) is 45.0 Å². The molecule has 0 aromatic heterocycles. The number of aliphatic hydroxyl groups excluding tert-OH is 2. The van der Waals surface area contributed by atoms with Gasteiger partial charge in [-0.15, -0.1) is 0 Å². The van der Waals surface area contributed by atoms with Crippen molar-refractivity contribution >= 4 is 44.1 Å². The van der Waals surface area contributed by atoms with Crippen LogP contribution < -0.4 is 0 Å². The standard InChI is InChI=1S/2C2H6O4S.Sn.2H/c2*3-1-2-7(4,5)6;;;/h2*3H,1-2H2,(H,4,5,6);;;/q;;+2;;/p-2. The van der Waals surface area contributed by atoms with Gasteiger partial charge in [-0.25, -0.2) is 16.8 Å². The van der Waals surface area contributed by atoms with Crippen LogP contribution in [0.3, 0.4) is 0 Å². The molecule has 0 aromatic rings. The summed E-state index contributed by atoms with van der Waals surface area (Å²) in [6.45, 7) is -1.18. The van der Waals surface area contributed by atoms with Crippen molar-refractivity contribution in [2.75, 3.05) is 24.7 Å². The minimum absolute atomic E-state index is 0. The normalized spacial score (nSPS) is 10.9. The van der Waals surface area contributed by atoms with Gasteiger partial charge in [0.15, 0.2) is 0 Å². The van der Waals surface area contributed by atoms with Gasteiger partial charge in [0, 0.05) is 0 Å². The summed E-state index contributed by atoms with van der Waals surface area (Å²) in [5.74, 6) is -1.38. The predicted molar refractivity (Wildman–Crippen MR) is 51.8 cm³/mol. The van der Waals surface area contributed by atoms with E-state index in [0.717, 1.165) is 0 Å². The van der Waals surface area contributed by atoms with E-state index in [2.05, 4.69) is 0 Å². The SMILES string of the molecule is O=S(=O)([O-])CCO.O=S(=O)([O-])CCO.[SnH2+2]. The molecule has 0 saturated carbocycles. The first kappa shape index (κ1) is 20.9. The summed E-state index contributed by atoms with van der Waals surface area (Å²) in [6.07, 6.45) is 0. The molecule has 0 saturated heterocycles. The van der Waals surface area contributed by atoms with Crippen LogP contribution in [0.4, 0.5) is 0 Å². The van der Waals surface area contributed by atoms with Crippen molar-refractivity contribution in [3.63, 3.8) is 0 Å². The molecule has 15 heavy (non-hydrogen) atoms. The van der Waals surface area contributed by atoms with E-state index in [0.29, 0.717) is 0 Å². The van der Waals surface area contributed by atoms with Crippen molar-refractivity contribution in [1.82, 2.24) is 0 Å². The quantitative estimate of drug-likeness (QED) is 0.376. The van der Waals surface area contributed by atoms with Crippen LogP contribution in [0.25, 0.3) is 0 Å². The van der Waals surface area contributed by atoms with Crippen molar-refractivity contribution in [3.8, 4) is 0 Å². The third-order valence-corrected chi connectivity index (χ3v) is 2.05. The van der Waals surface area contributed by atoms with E-state index in [-0.39, 0.29) is 23.9 Å². The summed E-state index contributed by atoms with van der Waals surface area (Å²) < 4.78 is 57.1. The molecule has 0 amide bonds. The van der Waals surface area contributed by atoms with E-state index in [1.165, 1.54) is 0 Å². The maximum atomic E-state index is 9.52. The Morgan fingerprint density at radius 1 is 0.800 bits per heavy atom. The Balaban J connectivity index is -0.000000180. The average Bonchev–Trinajstić information content (AvgIpc) is 1.81. The second-order valence-electron chi connectivity index (χ2n) is 1.97. The topological polar surface area (TPSA) is 155 Å². The summed E-state index contributed by atoms with van der Waals surface area (Å²) in [4.78, 5) is 0. The third-order valence-electron chi connectivity index (χ3n) is 0.683. The second-order valence-corrected chi connectivity index (χ2v) is 5.02. The molecule has 0 radical (unpaired) electrons. The van der Waals surface area contributed by atoms with Crippen molar-refractivity contribution in [1.29, 1.82) is 0 Å². The van der Waals surface area contributed by atoms with Gasteiger partial charge in [-0.1, -0.05) is 0 Å². The molecular weight excluding hydrogens is 359 g/mol. The fourth-order valence-corrected chi connectivity index (χ4v) is 0.671. The molecule has 0 heterocycles. The first-order chi connectivity index (χ1) is 6.12. The zero-order valence-corrected chi connectivity index (χ0v) is 13.4. The summed E-state index contributed by atoms with van der Waals surface area (Å²) in [7, 11) is -8.35. The van der Waals surface area contributed by atoms with Gasteiger partial charge < -0.3 is 19.3 Å². The predicted octanol–water partition coefficient (Wildman–Crippen LogP) is -3.87. The van der Waals surface area contributed by atoms with Crippen molar-refractivity contribution in [3.05, 3.63) is 0 Å². The first-order valence-electron chi connectivity index (χ1n) is 3.21. The molecule has 0 aliphatic heterocycles. The molecule has 8 nitrogen and oxygen atoms in total. The Hall–Kier alpha value is 0.539. The van der Waals surface area contributed by atoms with Crippen LogP contribution >= 0.6 is 0 Å². The van der Waals surface area contributed by atoms with Gasteiger partial charge in [-0.3, -0.25) is 0 Å². The summed E-state index contributed by atoms with van der Waals surface area (Å²) >= 11 is 0. The number of hydrogen-bond acceptors (Lipinski definition) is 8. The fourth-order valence-electron chi connectivity index (χ4n) is 0.224. The second kappa shape index (κ2) is 9.74. The molecule has 0 aromatic carbocycles. The van der Waals surface area contributed by atoms with E-state index in [4.69, 9.17) is 10.2 Å². The zero-order valence-electron chi connectivity index (χ0n) is 7.70. The van der Waals surface area contributed by atoms with Crippen LogP contribution in [0.2, 0.25) is 0 Å². The summed E-state index contributed by atoms with van der Waals surface area (Å²) in [5.41, 5.74) is 0. The average molecular weight is 371 g/mol. The Kier molecular flexibility index (Phi) is 13.6. The number of rotatable bonds is 4. The van der Waals surface area contributed by atoms with Crippen molar-refractivity contribution < 1.29 is 36.2 Å². The molecule has 0 fully saturated rings. The first-order valence-corrected chi connectivity index (χ1v) is 6.36. The Morgan fingerprint density at radius 3 is 1.00 bits per heavy atom. The minimum atomic E-state index is -4.17. The molecule has 0 aliphatic carbocycles. The van der Waals surface area contributed by atoms with Gasteiger partial charge in [-0.2, -0.15) is 0 Å². The fraction of sp³-hybridized carbons (Fsp3) is 1.00. The number of hydrogen-bond donors (Lipinski definition) is 2. The molecule has 92 valence electrons. The zero-order chi connectivity index (χ0) is 11.8. The Labute approximate surface area is 105 Å². The van der Waals surface area contributed by atoms with Crippen LogP contribution in [-0.2, 0) is 20.2 Å². The van der Waals surface area contributed by atoms with E-state index in [1.54, 1.807) is 0 Å². The summed E-state index contributed by atoms with van der Waals surface area (Å²) in [5, 5.41) is 15.6. The molecule has 2 N–H and O–H groups in total. The molecule has 0 atom stereocenters. The Morgan fingerprint density at radius 2 is 1.00 bits per heavy atom. The number of aliphatic hydroxyl groups is 2. The molecular formula is C4H12O8S2Sn. The van der Waals surface area contributed by atoms with Crippen LogP contribution in [-0.4, -0.2) is 84.8 Å². The van der Waals surface area contributed by atoms with Gasteiger partial charge in [0.1, 0.15) is 0 Å². The van der Waals surface area contributed by atoms with E-state index >= 15 is 0 Å². The van der Waals surface area contributed by atoms with Crippen molar-refractivity contribution in [2.45, 2.75) is 0 Å². The van der Waals surface area contributed by atoms with Gasteiger partial charge >= 0.3 is 23.9 Å². The van der Waals surface area contributed by atoms with Gasteiger partial charge in [0.25, 0.3) is 0 Å². The molecule has 0 bridgehead atoms. The van der Waals surface area contributed by atoms with Gasteiger partial charge in [-0.05, 0) is 0 Å². The van der Waals surface area contributed by atoms with Crippen LogP contribution in [0.1, 0.15) is 0 Å². The molecule has 11 heteroatoms. The molecule has 0 spiro atoms. The van der Waals surface area contributed by atoms with E-state index in [1.807, 2.05) is 0 Å². The molecule has 0 aliphatic rings. The Bertz CT molecular complexity index is 285. The summed E-state index contributed by atoms with van der Waals surface area (Å²) in [6, 6.07) is 0. The van der Waals surface area contributed by atoms with Crippen LogP contribution in [0.15, 0.2) is 0 Å². The van der Waals surface area contributed by atoms with Crippen LogP contribution in [0.5, 0.6) is 0 Å².